The van der Waals surface area contributed by atoms with Crippen LogP contribution in [0, 0.1) is 0 Å². The van der Waals surface area contributed by atoms with Gasteiger partial charge in [0, 0.05) is 18.4 Å². The minimum absolute atomic E-state index is 0.130. The van der Waals surface area contributed by atoms with Gasteiger partial charge in [-0.15, -0.1) is 5.10 Å². The molecule has 0 unspecified atom stereocenters. The van der Waals surface area contributed by atoms with E-state index in [1.807, 2.05) is 6.92 Å². The Morgan fingerprint density at radius 3 is 3.00 bits per heavy atom. The van der Waals surface area contributed by atoms with Crippen LogP contribution in [-0.4, -0.2) is 14.2 Å². The minimum Gasteiger partial charge on any atom is -0.398 e. The van der Waals surface area contributed by atoms with Crippen LogP contribution in [0.15, 0.2) is 23.1 Å². The van der Waals surface area contributed by atoms with Crippen molar-refractivity contribution in [1.82, 2.24) is 14.2 Å². The Hall–Kier alpha value is -1.78. The summed E-state index contributed by atoms with van der Waals surface area (Å²) in [4.78, 5) is 11.7. The highest BCUT2D eigenvalue weighted by Gasteiger charge is 2.04. The number of anilines is 1. The van der Waals surface area contributed by atoms with Gasteiger partial charge in [-0.3, -0.25) is 0 Å². The minimum atomic E-state index is -0.130. The van der Waals surface area contributed by atoms with Gasteiger partial charge in [-0.2, -0.15) is 0 Å². The summed E-state index contributed by atoms with van der Waals surface area (Å²) < 4.78 is 2.92. The van der Waals surface area contributed by atoms with Crippen molar-refractivity contribution in [1.29, 1.82) is 0 Å². The maximum absolute atomic E-state index is 11.7. The summed E-state index contributed by atoms with van der Waals surface area (Å²) in [5.74, 6) is 0. The van der Waals surface area contributed by atoms with E-state index in [2.05, 4.69) is 5.10 Å². The van der Waals surface area contributed by atoms with E-state index in [1.165, 1.54) is 9.08 Å². The Bertz CT molecular complexity index is 511. The molecular formula is C9H12N4O. The number of hydrogen-bond donors (Lipinski definition) is 1. The van der Waals surface area contributed by atoms with Gasteiger partial charge in [0.05, 0.1) is 0 Å². The lowest BCUT2D eigenvalue weighted by Crippen LogP contribution is -2.20. The van der Waals surface area contributed by atoms with Crippen molar-refractivity contribution in [3.8, 4) is 0 Å². The second kappa shape index (κ2) is 3.17. The maximum Gasteiger partial charge on any atom is 0.350 e. The summed E-state index contributed by atoms with van der Waals surface area (Å²) in [5, 5.41) is 4.15. The van der Waals surface area contributed by atoms with Gasteiger partial charge in [-0.25, -0.2) is 13.9 Å². The fourth-order valence-electron chi connectivity index (χ4n) is 1.39. The van der Waals surface area contributed by atoms with Crippen LogP contribution in [0.2, 0.25) is 0 Å². The van der Waals surface area contributed by atoms with Gasteiger partial charge in [0.2, 0.25) is 0 Å². The van der Waals surface area contributed by atoms with E-state index < -0.39 is 0 Å². The predicted octanol–water partition coefficient (Wildman–Crippen LogP) is 0.488. The van der Waals surface area contributed by atoms with Crippen LogP contribution < -0.4 is 11.4 Å². The molecule has 2 rings (SSSR count). The van der Waals surface area contributed by atoms with Crippen LogP contribution >= 0.6 is 0 Å². The van der Waals surface area contributed by atoms with Crippen molar-refractivity contribution in [3.63, 3.8) is 0 Å². The second-order valence-electron chi connectivity index (χ2n) is 3.20. The summed E-state index contributed by atoms with van der Waals surface area (Å²) in [6, 6.07) is 3.47. The van der Waals surface area contributed by atoms with Crippen LogP contribution in [0.5, 0.6) is 0 Å². The first-order chi connectivity index (χ1) is 6.72. The van der Waals surface area contributed by atoms with Gasteiger partial charge < -0.3 is 5.73 Å². The Kier molecular flexibility index (Phi) is 1.99. The summed E-state index contributed by atoms with van der Waals surface area (Å²) in [6.07, 6.45) is 2.48. The maximum atomic E-state index is 11.7. The second-order valence-corrected chi connectivity index (χ2v) is 3.20. The van der Waals surface area contributed by atoms with E-state index in [0.29, 0.717) is 17.9 Å². The van der Waals surface area contributed by atoms with Crippen LogP contribution in [0.25, 0.3) is 5.65 Å². The van der Waals surface area contributed by atoms with Crippen LogP contribution in [0.4, 0.5) is 5.69 Å². The Balaban J connectivity index is 2.68. The topological polar surface area (TPSA) is 65.3 Å². The molecule has 0 aliphatic carbocycles. The molecule has 0 saturated carbocycles. The van der Waals surface area contributed by atoms with Gasteiger partial charge in [-0.05, 0) is 18.6 Å². The average Bonchev–Trinajstić information content (AvgIpc) is 2.46. The number of fused-ring (bicyclic) bond motifs is 1. The molecule has 5 nitrogen and oxygen atoms in total. The Morgan fingerprint density at radius 2 is 2.29 bits per heavy atom. The highest BCUT2D eigenvalue weighted by molar-refractivity contribution is 5.46. The molecule has 0 aliphatic rings. The first kappa shape index (κ1) is 8.80. The molecule has 0 saturated heterocycles. The Morgan fingerprint density at radius 1 is 1.50 bits per heavy atom. The summed E-state index contributed by atoms with van der Waals surface area (Å²) in [7, 11) is 0. The molecule has 0 spiro atoms. The van der Waals surface area contributed by atoms with Crippen molar-refractivity contribution in [3.05, 3.63) is 28.8 Å². The lowest BCUT2D eigenvalue weighted by atomic mass is 10.4. The SMILES string of the molecule is CCCn1nc2ccc(N)cn2c1=O. The largest absolute Gasteiger partial charge is 0.398 e. The van der Waals surface area contributed by atoms with Crippen LogP contribution in [-0.2, 0) is 6.54 Å². The first-order valence-corrected chi connectivity index (χ1v) is 4.57. The molecule has 0 amide bonds. The zero-order valence-corrected chi connectivity index (χ0v) is 7.97. The molecule has 0 radical (unpaired) electrons. The normalized spacial score (nSPS) is 10.9. The lowest BCUT2D eigenvalue weighted by molar-refractivity contribution is 0.582. The smallest absolute Gasteiger partial charge is 0.350 e. The molecule has 2 heterocycles. The van der Waals surface area contributed by atoms with Gasteiger partial charge in [0.1, 0.15) is 0 Å². The van der Waals surface area contributed by atoms with Crippen LogP contribution in [0.3, 0.4) is 0 Å². The molecule has 74 valence electrons. The van der Waals surface area contributed by atoms with Gasteiger partial charge >= 0.3 is 5.69 Å². The highest BCUT2D eigenvalue weighted by Crippen LogP contribution is 2.02. The van der Waals surface area contributed by atoms with Crippen molar-refractivity contribution in [2.45, 2.75) is 19.9 Å². The first-order valence-electron chi connectivity index (χ1n) is 4.57. The molecule has 2 aromatic heterocycles. The number of hydrogen-bond acceptors (Lipinski definition) is 3. The molecule has 0 bridgehead atoms. The number of aryl methyl sites for hydroxylation is 1. The summed E-state index contributed by atoms with van der Waals surface area (Å²) >= 11 is 0. The fourth-order valence-corrected chi connectivity index (χ4v) is 1.39. The van der Waals surface area contributed by atoms with Crippen LogP contribution in [0.1, 0.15) is 13.3 Å². The molecule has 0 fully saturated rings. The fraction of sp³-hybridized carbons (Fsp3) is 0.333. The van der Waals surface area contributed by atoms with E-state index in [9.17, 15) is 4.79 Å². The third kappa shape index (κ3) is 1.26. The van der Waals surface area contributed by atoms with Crippen molar-refractivity contribution >= 4 is 11.3 Å². The number of nitrogens with zero attached hydrogens (tertiary/aromatic N) is 3. The molecule has 14 heavy (non-hydrogen) atoms. The lowest BCUT2D eigenvalue weighted by Gasteiger charge is -1.92. The summed E-state index contributed by atoms with van der Waals surface area (Å²) in [5.41, 5.74) is 6.65. The molecule has 0 aromatic carbocycles. The van der Waals surface area contributed by atoms with Gasteiger partial charge in [-0.1, -0.05) is 6.92 Å². The highest BCUT2D eigenvalue weighted by atomic mass is 16.2. The standard InChI is InChI=1S/C9H12N4O/c1-2-5-13-9(14)12-6-7(10)3-4-8(12)11-13/h3-4,6H,2,5,10H2,1H3. The molecule has 2 N–H and O–H groups in total. The predicted molar refractivity (Wildman–Crippen MR) is 54.2 cm³/mol. The third-order valence-electron chi connectivity index (χ3n) is 2.04. The third-order valence-corrected chi connectivity index (χ3v) is 2.04. The monoisotopic (exact) mass is 192 g/mol. The number of pyridine rings is 1. The molecule has 0 atom stereocenters. The number of aromatic nitrogens is 3. The van der Waals surface area contributed by atoms with E-state index in [0.717, 1.165) is 6.42 Å². The zero-order chi connectivity index (χ0) is 10.1. The van der Waals surface area contributed by atoms with Crippen molar-refractivity contribution < 1.29 is 0 Å². The van der Waals surface area contributed by atoms with E-state index in [4.69, 9.17) is 5.73 Å². The van der Waals surface area contributed by atoms with Gasteiger partial charge in [0.15, 0.2) is 5.65 Å². The van der Waals surface area contributed by atoms with Gasteiger partial charge in [0.25, 0.3) is 0 Å². The molecular weight excluding hydrogens is 180 g/mol. The quantitative estimate of drug-likeness (QED) is 0.753. The Labute approximate surface area is 80.8 Å². The van der Waals surface area contributed by atoms with Crippen molar-refractivity contribution in [2.75, 3.05) is 5.73 Å². The summed E-state index contributed by atoms with van der Waals surface area (Å²) in [6.45, 7) is 2.64. The average molecular weight is 192 g/mol. The van der Waals surface area contributed by atoms with E-state index >= 15 is 0 Å². The number of rotatable bonds is 2. The molecule has 0 aliphatic heterocycles. The number of nitrogen functional groups attached to an aromatic ring is 1. The van der Waals surface area contributed by atoms with Crippen molar-refractivity contribution in [2.24, 2.45) is 0 Å². The van der Waals surface area contributed by atoms with E-state index in [1.54, 1.807) is 18.3 Å². The number of nitrogens with two attached hydrogens (primary N) is 1. The molecule has 2 aromatic rings. The van der Waals surface area contributed by atoms with E-state index in [-0.39, 0.29) is 5.69 Å². The molecule has 5 heteroatoms. The zero-order valence-electron chi connectivity index (χ0n) is 7.97.